The van der Waals surface area contributed by atoms with Gasteiger partial charge in [0.2, 0.25) is 11.8 Å². The second kappa shape index (κ2) is 8.02. The van der Waals surface area contributed by atoms with Crippen LogP contribution in [0.5, 0.6) is 0 Å². The molecule has 2 amide bonds. The summed E-state index contributed by atoms with van der Waals surface area (Å²) in [5, 5.41) is 3.58. The predicted octanol–water partition coefficient (Wildman–Crippen LogP) is 3.35. The maximum absolute atomic E-state index is 12.3. The van der Waals surface area contributed by atoms with E-state index < -0.39 is 0 Å². The summed E-state index contributed by atoms with van der Waals surface area (Å²) >= 11 is 5.94. The smallest absolute Gasteiger partial charge is 0.241 e. The summed E-state index contributed by atoms with van der Waals surface area (Å²) in [5.74, 6) is 0.695. The van der Waals surface area contributed by atoms with Gasteiger partial charge in [-0.3, -0.25) is 9.59 Å². The number of carbonyl (C=O) groups excluding carboxylic acids is 2. The molecule has 1 aromatic rings. The van der Waals surface area contributed by atoms with E-state index >= 15 is 0 Å². The number of rotatable bonds is 4. The van der Waals surface area contributed by atoms with Gasteiger partial charge in [-0.25, -0.2) is 0 Å². The van der Waals surface area contributed by atoms with Crippen molar-refractivity contribution in [3.8, 4) is 0 Å². The van der Waals surface area contributed by atoms with Crippen molar-refractivity contribution in [1.29, 1.82) is 0 Å². The van der Waals surface area contributed by atoms with Gasteiger partial charge in [-0.15, -0.1) is 0 Å². The Bertz CT molecular complexity index is 574. The Morgan fingerprint density at radius 2 is 1.67 bits per heavy atom. The molecule has 2 aliphatic rings. The maximum atomic E-state index is 12.3. The van der Waals surface area contributed by atoms with E-state index in [4.69, 9.17) is 11.6 Å². The number of amides is 2. The molecule has 1 heterocycles. The maximum Gasteiger partial charge on any atom is 0.241 e. The molecule has 0 radical (unpaired) electrons. The Balaban J connectivity index is 1.43. The molecule has 0 spiro atoms. The number of halogens is 1. The first-order chi connectivity index (χ1) is 11.6. The van der Waals surface area contributed by atoms with Crippen LogP contribution in [0, 0.1) is 5.92 Å². The number of likely N-dealkylation sites (tertiary alicyclic amines) is 1. The lowest BCUT2D eigenvalue weighted by molar-refractivity contribution is -0.134. The molecular weight excluding hydrogens is 324 g/mol. The van der Waals surface area contributed by atoms with Gasteiger partial charge in [0.15, 0.2) is 0 Å². The molecule has 130 valence electrons. The highest BCUT2D eigenvalue weighted by molar-refractivity contribution is 6.30. The molecule has 1 aliphatic heterocycles. The zero-order valence-electron chi connectivity index (χ0n) is 14.0. The van der Waals surface area contributed by atoms with Gasteiger partial charge in [-0.1, -0.05) is 36.6 Å². The molecule has 1 saturated heterocycles. The van der Waals surface area contributed by atoms with Crippen LogP contribution in [0.1, 0.15) is 50.0 Å². The van der Waals surface area contributed by atoms with E-state index in [1.165, 1.54) is 5.56 Å². The molecule has 24 heavy (non-hydrogen) atoms. The molecule has 4 nitrogen and oxygen atoms in total. The molecule has 1 aromatic carbocycles. The van der Waals surface area contributed by atoms with Gasteiger partial charge in [0.25, 0.3) is 0 Å². The van der Waals surface area contributed by atoms with Gasteiger partial charge in [0.1, 0.15) is 0 Å². The Hall–Kier alpha value is -1.55. The number of piperidine rings is 1. The average Bonchev–Trinajstić information content (AvgIpc) is 3.15. The minimum Gasteiger partial charge on any atom is -0.347 e. The number of hydrogen-bond acceptors (Lipinski definition) is 2. The van der Waals surface area contributed by atoms with E-state index in [1.54, 1.807) is 0 Å². The number of benzene rings is 1. The van der Waals surface area contributed by atoms with E-state index in [0.29, 0.717) is 5.92 Å². The third kappa shape index (κ3) is 4.29. The molecule has 5 heteroatoms. The Morgan fingerprint density at radius 3 is 2.29 bits per heavy atom. The van der Waals surface area contributed by atoms with Crippen molar-refractivity contribution in [2.75, 3.05) is 19.6 Å². The van der Waals surface area contributed by atoms with Crippen LogP contribution in [0.3, 0.4) is 0 Å². The summed E-state index contributed by atoms with van der Waals surface area (Å²) in [6.45, 7) is 1.65. The van der Waals surface area contributed by atoms with Crippen molar-refractivity contribution in [1.82, 2.24) is 10.2 Å². The van der Waals surface area contributed by atoms with Crippen molar-refractivity contribution in [2.24, 2.45) is 5.92 Å². The molecule has 1 N–H and O–H groups in total. The molecule has 0 atom stereocenters. The lowest BCUT2D eigenvalue weighted by Gasteiger charge is -2.32. The minimum absolute atomic E-state index is 0.0379. The lowest BCUT2D eigenvalue weighted by Crippen LogP contribution is -2.44. The molecule has 0 unspecified atom stereocenters. The van der Waals surface area contributed by atoms with Crippen LogP contribution in [0.25, 0.3) is 0 Å². The highest BCUT2D eigenvalue weighted by Crippen LogP contribution is 2.29. The van der Waals surface area contributed by atoms with Crippen molar-refractivity contribution < 1.29 is 9.59 Å². The first kappa shape index (κ1) is 17.3. The molecule has 0 aromatic heterocycles. The second-order valence-corrected chi connectivity index (χ2v) is 7.34. The quantitative estimate of drug-likeness (QED) is 0.907. The first-order valence-electron chi connectivity index (χ1n) is 8.94. The molecule has 2 fully saturated rings. The van der Waals surface area contributed by atoms with Crippen molar-refractivity contribution in [3.63, 3.8) is 0 Å². The normalized spacial score (nSPS) is 19.5. The van der Waals surface area contributed by atoms with Crippen molar-refractivity contribution in [3.05, 3.63) is 34.9 Å². The van der Waals surface area contributed by atoms with E-state index in [-0.39, 0.29) is 24.3 Å². The van der Waals surface area contributed by atoms with Gasteiger partial charge in [-0.2, -0.15) is 0 Å². The van der Waals surface area contributed by atoms with Gasteiger partial charge < -0.3 is 10.2 Å². The zero-order valence-corrected chi connectivity index (χ0v) is 14.7. The molecule has 1 saturated carbocycles. The van der Waals surface area contributed by atoms with Crippen LogP contribution in [-0.2, 0) is 9.59 Å². The highest BCUT2D eigenvalue weighted by atomic mass is 35.5. The van der Waals surface area contributed by atoms with Crippen LogP contribution in [0.15, 0.2) is 24.3 Å². The number of nitrogens with one attached hydrogen (secondary N) is 1. The summed E-state index contributed by atoms with van der Waals surface area (Å²) in [4.78, 5) is 26.2. The van der Waals surface area contributed by atoms with E-state index in [1.807, 2.05) is 17.0 Å². The minimum atomic E-state index is 0.0379. The SMILES string of the molecule is O=C(NCC(=O)N1CCC(c2ccc(Cl)cc2)CC1)C1CCCC1. The fraction of sp³-hybridized carbons (Fsp3) is 0.579. The van der Waals surface area contributed by atoms with Crippen LogP contribution in [0.4, 0.5) is 0 Å². The Labute approximate surface area is 148 Å². The van der Waals surface area contributed by atoms with Gasteiger partial charge in [-0.05, 0) is 49.3 Å². The van der Waals surface area contributed by atoms with Crippen molar-refractivity contribution in [2.45, 2.75) is 44.4 Å². The zero-order chi connectivity index (χ0) is 16.9. The summed E-state index contributed by atoms with van der Waals surface area (Å²) in [6.07, 6.45) is 6.11. The highest BCUT2D eigenvalue weighted by Gasteiger charge is 2.26. The monoisotopic (exact) mass is 348 g/mol. The van der Waals surface area contributed by atoms with Crippen LogP contribution >= 0.6 is 11.6 Å². The number of nitrogens with zero attached hydrogens (tertiary/aromatic N) is 1. The first-order valence-corrected chi connectivity index (χ1v) is 9.32. The van der Waals surface area contributed by atoms with E-state index in [2.05, 4.69) is 17.4 Å². The number of hydrogen-bond donors (Lipinski definition) is 1. The Kier molecular flexibility index (Phi) is 5.77. The molecule has 3 rings (SSSR count). The third-order valence-electron chi connectivity index (χ3n) is 5.33. The number of carbonyl (C=O) groups is 2. The summed E-state index contributed by atoms with van der Waals surface area (Å²) in [7, 11) is 0. The fourth-order valence-corrected chi connectivity index (χ4v) is 3.93. The summed E-state index contributed by atoms with van der Waals surface area (Å²) in [6, 6.07) is 8.00. The second-order valence-electron chi connectivity index (χ2n) is 6.91. The van der Waals surface area contributed by atoms with Crippen LogP contribution in [0.2, 0.25) is 5.02 Å². The lowest BCUT2D eigenvalue weighted by atomic mass is 9.89. The topological polar surface area (TPSA) is 49.4 Å². The van der Waals surface area contributed by atoms with Gasteiger partial charge in [0.05, 0.1) is 6.54 Å². The fourth-order valence-electron chi connectivity index (χ4n) is 3.80. The molecule has 0 bridgehead atoms. The van der Waals surface area contributed by atoms with Crippen LogP contribution < -0.4 is 5.32 Å². The van der Waals surface area contributed by atoms with Gasteiger partial charge in [0, 0.05) is 24.0 Å². The molecule has 1 aliphatic carbocycles. The third-order valence-corrected chi connectivity index (χ3v) is 5.58. The predicted molar refractivity (Wildman–Crippen MR) is 95.0 cm³/mol. The standard InChI is InChI=1S/C19H25ClN2O2/c20-17-7-5-14(6-8-17)15-9-11-22(12-10-15)18(23)13-21-19(24)16-3-1-2-4-16/h5-8,15-16H,1-4,9-13H2,(H,21,24). The summed E-state index contributed by atoms with van der Waals surface area (Å²) < 4.78 is 0. The molecular formula is C19H25ClN2O2. The van der Waals surface area contributed by atoms with Gasteiger partial charge >= 0.3 is 0 Å². The van der Waals surface area contributed by atoms with E-state index in [9.17, 15) is 9.59 Å². The average molecular weight is 349 g/mol. The van der Waals surface area contributed by atoms with Crippen LogP contribution in [-0.4, -0.2) is 36.3 Å². The largest absolute Gasteiger partial charge is 0.347 e. The van der Waals surface area contributed by atoms with E-state index in [0.717, 1.165) is 56.6 Å². The van der Waals surface area contributed by atoms with Crippen molar-refractivity contribution >= 4 is 23.4 Å². The Morgan fingerprint density at radius 1 is 1.04 bits per heavy atom. The summed E-state index contributed by atoms with van der Waals surface area (Å²) in [5.41, 5.74) is 1.29.